The Morgan fingerprint density at radius 3 is 1.85 bits per heavy atom. The second-order valence-corrected chi connectivity index (χ2v) is 8.50. The predicted molar refractivity (Wildman–Crippen MR) is 126 cm³/mol. The fraction of sp³-hybridized carbons (Fsp3) is 0.760. The smallest absolute Gasteiger partial charge is 0.0385 e. The summed E-state index contributed by atoms with van der Waals surface area (Å²) in [6.45, 7) is 32.0. The molecule has 1 aliphatic rings. The quantitative estimate of drug-likeness (QED) is 0.307. The van der Waals surface area contributed by atoms with Gasteiger partial charge >= 0.3 is 0 Å². The zero-order chi connectivity index (χ0) is 21.6. The van der Waals surface area contributed by atoms with E-state index in [0.717, 1.165) is 13.0 Å². The van der Waals surface area contributed by atoms with Crippen molar-refractivity contribution in [1.82, 2.24) is 9.80 Å². The standard InChI is InChI=1S/C16H30N2.C7H14.C2H6/c1-6-10-18(7-2)12-9-8-11-17(5)16-14(3)13-15(16)4;1-6(2)7(3,4)5;1-2/h3,6-13H2,1-2,4-5H3;1H2,2-5H3;1-2H3. The van der Waals surface area contributed by atoms with Crippen LogP contribution in [0.5, 0.6) is 0 Å². The van der Waals surface area contributed by atoms with Crippen LogP contribution in [0.2, 0.25) is 0 Å². The molecular weight excluding hydrogens is 328 g/mol. The zero-order valence-corrected chi connectivity index (χ0v) is 20.5. The molecule has 0 atom stereocenters. The van der Waals surface area contributed by atoms with Crippen molar-refractivity contribution >= 4 is 0 Å². The third-order valence-electron chi connectivity index (χ3n) is 5.08. The van der Waals surface area contributed by atoms with E-state index in [1.807, 2.05) is 13.8 Å². The minimum atomic E-state index is 0.306. The van der Waals surface area contributed by atoms with E-state index in [1.165, 1.54) is 61.3 Å². The summed E-state index contributed by atoms with van der Waals surface area (Å²) in [6, 6.07) is 0. The highest BCUT2D eigenvalue weighted by Crippen LogP contribution is 2.33. The fourth-order valence-electron chi connectivity index (χ4n) is 2.82. The molecule has 27 heavy (non-hydrogen) atoms. The van der Waals surface area contributed by atoms with Crippen LogP contribution in [0.3, 0.4) is 0 Å². The lowest BCUT2D eigenvalue weighted by atomic mass is 9.89. The molecule has 0 aromatic carbocycles. The molecule has 0 aromatic rings. The molecule has 160 valence electrons. The Hall–Kier alpha value is -1.02. The number of allylic oxidation sites excluding steroid dienone is 3. The van der Waals surface area contributed by atoms with E-state index < -0.39 is 0 Å². The third kappa shape index (κ3) is 12.1. The Balaban J connectivity index is 0. The normalized spacial score (nSPS) is 13.4. The van der Waals surface area contributed by atoms with E-state index in [2.05, 4.69) is 78.5 Å². The second-order valence-electron chi connectivity index (χ2n) is 8.50. The number of rotatable bonds is 9. The summed E-state index contributed by atoms with van der Waals surface area (Å²) >= 11 is 0. The first-order valence-electron chi connectivity index (χ1n) is 11.0. The predicted octanol–water partition coefficient (Wildman–Crippen LogP) is 7.30. The average Bonchev–Trinajstić information content (AvgIpc) is 2.58. The molecule has 0 radical (unpaired) electrons. The van der Waals surface area contributed by atoms with Crippen molar-refractivity contribution in [3.05, 3.63) is 35.6 Å². The number of likely N-dealkylation sites (N-methyl/N-ethyl adjacent to an activating group) is 1. The summed E-state index contributed by atoms with van der Waals surface area (Å²) in [5, 5.41) is 0. The van der Waals surface area contributed by atoms with Crippen molar-refractivity contribution in [2.45, 2.75) is 88.0 Å². The number of hydrogen-bond donors (Lipinski definition) is 0. The molecular formula is C25H50N2. The van der Waals surface area contributed by atoms with E-state index in [1.54, 1.807) is 0 Å². The molecule has 0 saturated carbocycles. The molecule has 0 N–H and O–H groups in total. The van der Waals surface area contributed by atoms with Gasteiger partial charge in [-0.2, -0.15) is 0 Å². The van der Waals surface area contributed by atoms with Crippen LogP contribution in [-0.4, -0.2) is 43.0 Å². The Kier molecular flexibility index (Phi) is 15.6. The maximum Gasteiger partial charge on any atom is 0.0385 e. The fourth-order valence-corrected chi connectivity index (χ4v) is 2.82. The number of nitrogens with zero attached hydrogens (tertiary/aromatic N) is 2. The Morgan fingerprint density at radius 1 is 1.04 bits per heavy atom. The molecule has 0 fully saturated rings. The Bertz CT molecular complexity index is 451. The third-order valence-corrected chi connectivity index (χ3v) is 5.08. The van der Waals surface area contributed by atoms with Gasteiger partial charge in [0, 0.05) is 19.3 Å². The van der Waals surface area contributed by atoms with Crippen LogP contribution in [-0.2, 0) is 0 Å². The van der Waals surface area contributed by atoms with Crippen LogP contribution in [0.1, 0.15) is 88.0 Å². The first kappa shape index (κ1) is 28.2. The lowest BCUT2D eigenvalue weighted by Crippen LogP contribution is -2.28. The summed E-state index contributed by atoms with van der Waals surface area (Å²) in [5.41, 5.74) is 5.78. The molecule has 0 heterocycles. The van der Waals surface area contributed by atoms with Gasteiger partial charge in [0.2, 0.25) is 0 Å². The van der Waals surface area contributed by atoms with Crippen molar-refractivity contribution in [3.8, 4) is 0 Å². The SMILES string of the molecule is C=C(C)C(C)(C)C.C=C1CC(C)=C1N(C)CCCCN(CC)CCC.CC. The highest BCUT2D eigenvalue weighted by Gasteiger charge is 2.20. The van der Waals surface area contributed by atoms with Gasteiger partial charge in [-0.15, -0.1) is 0 Å². The van der Waals surface area contributed by atoms with Crippen molar-refractivity contribution in [2.24, 2.45) is 5.41 Å². The first-order valence-corrected chi connectivity index (χ1v) is 11.0. The van der Waals surface area contributed by atoms with Gasteiger partial charge < -0.3 is 9.80 Å². The summed E-state index contributed by atoms with van der Waals surface area (Å²) in [4.78, 5) is 4.93. The molecule has 1 aliphatic carbocycles. The van der Waals surface area contributed by atoms with Gasteiger partial charge in [-0.25, -0.2) is 0 Å². The summed E-state index contributed by atoms with van der Waals surface area (Å²) in [5.74, 6) is 0. The van der Waals surface area contributed by atoms with Crippen LogP contribution in [0.4, 0.5) is 0 Å². The molecule has 0 saturated heterocycles. The zero-order valence-electron chi connectivity index (χ0n) is 20.5. The molecule has 0 unspecified atom stereocenters. The van der Waals surface area contributed by atoms with Crippen LogP contribution in [0, 0.1) is 5.41 Å². The van der Waals surface area contributed by atoms with E-state index >= 15 is 0 Å². The van der Waals surface area contributed by atoms with Crippen molar-refractivity contribution in [3.63, 3.8) is 0 Å². The Morgan fingerprint density at radius 2 is 1.52 bits per heavy atom. The summed E-state index contributed by atoms with van der Waals surface area (Å²) < 4.78 is 0. The molecule has 0 aliphatic heterocycles. The van der Waals surface area contributed by atoms with E-state index in [9.17, 15) is 0 Å². The molecule has 0 aromatic heterocycles. The minimum Gasteiger partial charge on any atom is -0.374 e. The van der Waals surface area contributed by atoms with Crippen LogP contribution < -0.4 is 0 Å². The lowest BCUT2D eigenvalue weighted by molar-refractivity contribution is 0.275. The van der Waals surface area contributed by atoms with Crippen molar-refractivity contribution in [2.75, 3.05) is 33.2 Å². The van der Waals surface area contributed by atoms with Gasteiger partial charge in [0.15, 0.2) is 0 Å². The summed E-state index contributed by atoms with van der Waals surface area (Å²) in [6.07, 6.45) is 4.96. The molecule has 0 amide bonds. The van der Waals surface area contributed by atoms with E-state index in [4.69, 9.17) is 0 Å². The second kappa shape index (κ2) is 15.0. The number of hydrogen-bond acceptors (Lipinski definition) is 2. The topological polar surface area (TPSA) is 6.48 Å². The van der Waals surface area contributed by atoms with Crippen LogP contribution in [0.25, 0.3) is 0 Å². The van der Waals surface area contributed by atoms with Crippen molar-refractivity contribution < 1.29 is 0 Å². The van der Waals surface area contributed by atoms with Crippen molar-refractivity contribution in [1.29, 1.82) is 0 Å². The molecule has 2 heteroatoms. The van der Waals surface area contributed by atoms with Crippen LogP contribution >= 0.6 is 0 Å². The highest BCUT2D eigenvalue weighted by molar-refractivity contribution is 5.44. The van der Waals surface area contributed by atoms with Gasteiger partial charge in [-0.05, 0) is 75.7 Å². The monoisotopic (exact) mass is 378 g/mol. The largest absolute Gasteiger partial charge is 0.374 e. The molecule has 0 bridgehead atoms. The first-order chi connectivity index (χ1) is 12.5. The molecule has 1 rings (SSSR count). The van der Waals surface area contributed by atoms with Gasteiger partial charge in [0.05, 0.1) is 0 Å². The Labute approximate surface area is 172 Å². The minimum absolute atomic E-state index is 0.306. The van der Waals surface area contributed by atoms with Gasteiger partial charge in [0.25, 0.3) is 0 Å². The van der Waals surface area contributed by atoms with Gasteiger partial charge in [-0.1, -0.05) is 67.2 Å². The number of unbranched alkanes of at least 4 members (excludes halogenated alkanes) is 1. The van der Waals surface area contributed by atoms with Gasteiger partial charge in [0.1, 0.15) is 0 Å². The molecule has 2 nitrogen and oxygen atoms in total. The lowest BCUT2D eigenvalue weighted by Gasteiger charge is -2.33. The maximum atomic E-state index is 4.10. The van der Waals surface area contributed by atoms with Crippen LogP contribution in [0.15, 0.2) is 35.6 Å². The summed E-state index contributed by atoms with van der Waals surface area (Å²) in [7, 11) is 2.20. The van der Waals surface area contributed by atoms with Gasteiger partial charge in [-0.3, -0.25) is 0 Å². The van der Waals surface area contributed by atoms with E-state index in [0.29, 0.717) is 5.41 Å². The average molecular weight is 379 g/mol. The van der Waals surface area contributed by atoms with E-state index in [-0.39, 0.29) is 0 Å². The maximum absolute atomic E-state index is 4.10. The molecule has 0 spiro atoms. The highest BCUT2D eigenvalue weighted by atomic mass is 15.1.